The lowest BCUT2D eigenvalue weighted by atomic mass is 9.65. The van der Waals surface area contributed by atoms with Gasteiger partial charge in [-0.2, -0.15) is 0 Å². The van der Waals surface area contributed by atoms with E-state index in [4.69, 9.17) is 4.74 Å². The first-order valence-electron chi connectivity index (χ1n) is 13.8. The van der Waals surface area contributed by atoms with E-state index in [0.717, 1.165) is 45.2 Å². The van der Waals surface area contributed by atoms with E-state index in [1.54, 1.807) is 0 Å². The van der Waals surface area contributed by atoms with Crippen molar-refractivity contribution in [3.8, 4) is 0 Å². The number of aliphatic hydroxyl groups excluding tert-OH is 2. The van der Waals surface area contributed by atoms with Gasteiger partial charge >= 0.3 is 5.97 Å². The van der Waals surface area contributed by atoms with Crippen LogP contribution in [0.2, 0.25) is 0 Å². The van der Waals surface area contributed by atoms with Crippen LogP contribution in [0.25, 0.3) is 0 Å². The monoisotopic (exact) mass is 505 g/mol. The number of carbonyl (C=O) groups is 2. The highest BCUT2D eigenvalue weighted by Gasteiger charge is 2.42. The Morgan fingerprint density at radius 2 is 1.83 bits per heavy atom. The van der Waals surface area contributed by atoms with Gasteiger partial charge in [0.05, 0.1) is 24.0 Å². The Kier molecular flexibility index (Phi) is 11.2. The van der Waals surface area contributed by atoms with Crippen molar-refractivity contribution in [2.75, 3.05) is 13.1 Å². The minimum absolute atomic E-state index is 0. The van der Waals surface area contributed by atoms with Crippen LogP contribution in [0.1, 0.15) is 93.4 Å². The highest BCUT2D eigenvalue weighted by molar-refractivity contribution is 5.77. The number of fused-ring (bicyclic) bond motifs is 1. The average Bonchev–Trinajstić information content (AvgIpc) is 3.33. The summed E-state index contributed by atoms with van der Waals surface area (Å²) in [4.78, 5) is 27.1. The van der Waals surface area contributed by atoms with Crippen molar-refractivity contribution in [2.45, 2.75) is 112 Å². The van der Waals surface area contributed by atoms with Crippen LogP contribution in [0.5, 0.6) is 0 Å². The molecule has 206 valence electrons. The Bertz CT molecular complexity index is 797. The van der Waals surface area contributed by atoms with E-state index in [2.05, 4.69) is 32.1 Å². The van der Waals surface area contributed by atoms with Crippen molar-refractivity contribution in [3.63, 3.8) is 0 Å². The smallest absolute Gasteiger partial charge is 0.311 e. The second kappa shape index (κ2) is 13.2. The molecule has 0 bridgehead atoms. The molecule has 0 unspecified atom stereocenters. The van der Waals surface area contributed by atoms with E-state index >= 15 is 0 Å². The minimum atomic E-state index is -0.822. The van der Waals surface area contributed by atoms with E-state index in [-0.39, 0.29) is 50.1 Å². The number of esters is 1. The van der Waals surface area contributed by atoms with E-state index in [0.29, 0.717) is 18.3 Å². The van der Waals surface area contributed by atoms with Gasteiger partial charge in [0.15, 0.2) is 0 Å². The molecule has 0 aromatic rings. The minimum Gasteiger partial charge on any atom is -0.461 e. The second-order valence-corrected chi connectivity index (χ2v) is 11.9. The lowest BCUT2D eigenvalue weighted by Crippen LogP contribution is -2.43. The largest absolute Gasteiger partial charge is 0.461 e. The predicted molar refractivity (Wildman–Crippen MR) is 144 cm³/mol. The normalized spacial score (nSPS) is 29.6. The first-order valence-corrected chi connectivity index (χ1v) is 13.8. The van der Waals surface area contributed by atoms with Gasteiger partial charge in [-0.3, -0.25) is 9.59 Å². The number of likely N-dealkylation sites (tertiary alicyclic amines) is 1. The zero-order valence-electron chi connectivity index (χ0n) is 22.4. The molecule has 0 aromatic carbocycles. The Labute approximate surface area is 219 Å². The number of nitrogens with zero attached hydrogens (tertiary/aromatic N) is 1. The van der Waals surface area contributed by atoms with Gasteiger partial charge in [-0.1, -0.05) is 46.4 Å². The maximum Gasteiger partial charge on any atom is 0.311 e. The van der Waals surface area contributed by atoms with Crippen molar-refractivity contribution in [2.24, 2.45) is 29.1 Å². The van der Waals surface area contributed by atoms with Crippen LogP contribution in [-0.4, -0.2) is 58.4 Å². The van der Waals surface area contributed by atoms with Crippen molar-refractivity contribution in [3.05, 3.63) is 23.8 Å². The molecule has 6 nitrogen and oxygen atoms in total. The standard InChI is InChI=1S/C29H47NO5.CH4/c1-6-29(4,5)28(34)35-25-16-19(2)15-21-10-9-20(3)24(27(21)25)12-11-22(31)17-23(32)18-26(33)30-13-7-8-14-30;/h9-10,15,19-20,22-25,27,31-32H,6-8,11-14,16-18H2,1-5H3;1H4/t19-,20-,22+,23+,24-,25-,27-;/m0./s1. The third kappa shape index (κ3) is 7.67. The molecule has 2 N–H and O–H groups in total. The third-order valence-corrected chi connectivity index (χ3v) is 8.54. The van der Waals surface area contributed by atoms with Crippen molar-refractivity contribution >= 4 is 11.9 Å². The molecule has 3 rings (SSSR count). The van der Waals surface area contributed by atoms with E-state index in [1.807, 2.05) is 25.7 Å². The molecule has 0 radical (unpaired) electrons. The SMILES string of the molecule is C.CCC(C)(C)C(=O)O[C@H]1C[C@@H](C)C=C2C=C[C@H](C)[C@H](CC[C@@H](O)C[C@@H](O)CC(=O)N3CCCC3)[C@H]21. The highest BCUT2D eigenvalue weighted by Crippen LogP contribution is 2.45. The fourth-order valence-corrected chi connectivity index (χ4v) is 5.86. The summed E-state index contributed by atoms with van der Waals surface area (Å²) in [6, 6.07) is 0. The van der Waals surface area contributed by atoms with Gasteiger partial charge in [0, 0.05) is 19.0 Å². The molecule has 3 aliphatic rings. The number of ether oxygens (including phenoxy) is 1. The summed E-state index contributed by atoms with van der Waals surface area (Å²) in [5.74, 6) is 0.872. The average molecular weight is 506 g/mol. The molecule has 0 spiro atoms. The lowest BCUT2D eigenvalue weighted by molar-refractivity contribution is -0.164. The Balaban J connectivity index is 0.00000456. The summed E-state index contributed by atoms with van der Waals surface area (Å²) in [5, 5.41) is 21.1. The molecule has 2 aliphatic carbocycles. The molecule has 1 saturated heterocycles. The van der Waals surface area contributed by atoms with Crippen LogP contribution in [-0.2, 0) is 14.3 Å². The molecule has 0 saturated carbocycles. The van der Waals surface area contributed by atoms with Gasteiger partial charge in [-0.05, 0) is 82.1 Å². The number of hydrogen-bond donors (Lipinski definition) is 2. The van der Waals surface area contributed by atoms with E-state index in [1.165, 1.54) is 5.57 Å². The number of allylic oxidation sites excluding steroid dienone is 3. The van der Waals surface area contributed by atoms with Crippen LogP contribution in [0.4, 0.5) is 0 Å². The fraction of sp³-hybridized carbons (Fsp3) is 0.800. The van der Waals surface area contributed by atoms with Crippen LogP contribution in [0.15, 0.2) is 23.8 Å². The molecular formula is C30H51NO5. The zero-order chi connectivity index (χ0) is 25.8. The van der Waals surface area contributed by atoms with Gasteiger partial charge in [-0.25, -0.2) is 0 Å². The van der Waals surface area contributed by atoms with E-state index in [9.17, 15) is 19.8 Å². The Morgan fingerprint density at radius 1 is 1.17 bits per heavy atom. The summed E-state index contributed by atoms with van der Waals surface area (Å²) >= 11 is 0. The molecule has 7 atom stereocenters. The first-order chi connectivity index (χ1) is 16.5. The van der Waals surface area contributed by atoms with E-state index < -0.39 is 17.6 Å². The second-order valence-electron chi connectivity index (χ2n) is 11.9. The topological polar surface area (TPSA) is 87.1 Å². The molecule has 1 heterocycles. The third-order valence-electron chi connectivity index (χ3n) is 8.54. The van der Waals surface area contributed by atoms with Crippen molar-refractivity contribution < 1.29 is 24.5 Å². The van der Waals surface area contributed by atoms with Gasteiger partial charge in [0.1, 0.15) is 6.10 Å². The molecule has 36 heavy (non-hydrogen) atoms. The lowest BCUT2D eigenvalue weighted by Gasteiger charge is -2.44. The van der Waals surface area contributed by atoms with Gasteiger partial charge < -0.3 is 19.8 Å². The summed E-state index contributed by atoms with van der Waals surface area (Å²) in [7, 11) is 0. The summed E-state index contributed by atoms with van der Waals surface area (Å²) < 4.78 is 6.17. The van der Waals surface area contributed by atoms with Crippen molar-refractivity contribution in [1.29, 1.82) is 0 Å². The number of carbonyl (C=O) groups excluding carboxylic acids is 2. The number of amides is 1. The van der Waals surface area contributed by atoms with Gasteiger partial charge in [0.2, 0.25) is 5.91 Å². The molecule has 6 heteroatoms. The molecular weight excluding hydrogens is 454 g/mol. The number of aliphatic hydroxyl groups is 2. The molecule has 0 aromatic heterocycles. The predicted octanol–water partition coefficient (Wildman–Crippen LogP) is 5.28. The summed E-state index contributed by atoms with van der Waals surface area (Å²) in [6.45, 7) is 11.8. The number of hydrogen-bond acceptors (Lipinski definition) is 5. The molecule has 1 amide bonds. The molecule has 1 fully saturated rings. The van der Waals surface area contributed by atoms with Crippen LogP contribution >= 0.6 is 0 Å². The van der Waals surface area contributed by atoms with Gasteiger partial charge in [-0.15, -0.1) is 0 Å². The molecule has 1 aliphatic heterocycles. The maximum absolute atomic E-state index is 12.9. The fourth-order valence-electron chi connectivity index (χ4n) is 5.86. The highest BCUT2D eigenvalue weighted by atomic mass is 16.5. The van der Waals surface area contributed by atoms with Crippen LogP contribution < -0.4 is 0 Å². The Morgan fingerprint density at radius 3 is 2.47 bits per heavy atom. The van der Waals surface area contributed by atoms with Gasteiger partial charge in [0.25, 0.3) is 0 Å². The maximum atomic E-state index is 12.9. The number of rotatable bonds is 10. The van der Waals surface area contributed by atoms with Crippen LogP contribution in [0.3, 0.4) is 0 Å². The summed E-state index contributed by atoms with van der Waals surface area (Å²) in [5.41, 5.74) is 0.736. The first kappa shape index (κ1) is 30.6. The Hall–Kier alpha value is -1.66. The summed E-state index contributed by atoms with van der Waals surface area (Å²) in [6.07, 6.45) is 10.3. The van der Waals surface area contributed by atoms with Crippen LogP contribution in [0, 0.1) is 29.1 Å². The van der Waals surface area contributed by atoms with Crippen molar-refractivity contribution in [1.82, 2.24) is 4.90 Å². The zero-order valence-corrected chi connectivity index (χ0v) is 22.4. The quantitative estimate of drug-likeness (QED) is 0.395.